The molecule has 2 heterocycles. The fourth-order valence-electron chi connectivity index (χ4n) is 3.56. The molecule has 6 heteroatoms. The van der Waals surface area contributed by atoms with Gasteiger partial charge in [-0.2, -0.15) is 0 Å². The molecule has 1 aliphatic rings. The lowest BCUT2D eigenvalue weighted by molar-refractivity contribution is 0.628. The molecule has 31 heavy (non-hydrogen) atoms. The Labute approximate surface area is 190 Å². The summed E-state index contributed by atoms with van der Waals surface area (Å²) < 4.78 is 16.5. The first-order valence-corrected chi connectivity index (χ1v) is 11.3. The third kappa shape index (κ3) is 3.96. The number of hydrogen-bond donors (Lipinski definition) is 0. The van der Waals surface area contributed by atoms with Gasteiger partial charge in [0.15, 0.2) is 4.80 Å². The number of aromatic nitrogens is 1. The Morgan fingerprint density at radius 1 is 0.968 bits per heavy atom. The lowest BCUT2D eigenvalue weighted by atomic mass is 10.0. The molecule has 152 valence electrons. The molecular weight excluding hydrogens is 475 g/mol. The summed E-state index contributed by atoms with van der Waals surface area (Å²) in [6.45, 7) is 0. The van der Waals surface area contributed by atoms with Crippen molar-refractivity contribution in [3.8, 4) is 0 Å². The fourth-order valence-corrected chi connectivity index (χ4v) is 4.84. The number of allylic oxidation sites excluding steroid dienone is 1. The largest absolute Gasteiger partial charge is 0.272 e. The molecule has 5 rings (SSSR count). The first-order chi connectivity index (χ1) is 15.1. The lowest BCUT2D eigenvalue weighted by Gasteiger charge is -2.19. The zero-order valence-corrected chi connectivity index (χ0v) is 18.6. The van der Waals surface area contributed by atoms with E-state index >= 15 is 0 Å². The fraction of sp³-hybridized carbons (Fsp3) is 0.0400. The number of thiazole rings is 1. The van der Waals surface area contributed by atoms with Crippen LogP contribution in [0, 0.1) is 5.82 Å². The first-order valence-electron chi connectivity index (χ1n) is 9.68. The van der Waals surface area contributed by atoms with E-state index in [1.807, 2.05) is 60.7 Å². The number of hydrogen-bond acceptors (Lipinski definition) is 3. The molecule has 4 aromatic rings. The molecule has 0 fully saturated rings. The topological polar surface area (TPSA) is 34.4 Å². The van der Waals surface area contributed by atoms with Crippen molar-refractivity contribution in [2.75, 3.05) is 0 Å². The average Bonchev–Trinajstić information content (AvgIpc) is 3.11. The highest BCUT2D eigenvalue weighted by Crippen LogP contribution is 2.27. The molecule has 0 saturated heterocycles. The molecule has 0 bridgehead atoms. The van der Waals surface area contributed by atoms with Crippen molar-refractivity contribution < 1.29 is 4.39 Å². The highest BCUT2D eigenvalue weighted by Gasteiger charge is 2.22. The Hall–Kier alpha value is -3.09. The predicted octanol–water partition coefficient (Wildman–Crippen LogP) is 4.90. The Kier molecular flexibility index (Phi) is 5.26. The zero-order valence-electron chi connectivity index (χ0n) is 16.2. The molecule has 0 N–H and O–H groups in total. The number of rotatable bonds is 3. The molecule has 1 aliphatic heterocycles. The van der Waals surface area contributed by atoms with E-state index in [9.17, 15) is 9.18 Å². The maximum absolute atomic E-state index is 13.3. The quantitative estimate of drug-likeness (QED) is 0.402. The first kappa shape index (κ1) is 19.8. The van der Waals surface area contributed by atoms with Gasteiger partial charge in [-0.3, -0.25) is 9.36 Å². The standard InChI is InChI=1S/C25H16BrFN2OS/c26-19-10-8-18(9-11-19)22-15-21(17-4-2-1-3-5-17)28-25-29(22)24(30)23(31-25)14-16-6-12-20(27)13-7-16/h1-15,22H. The second-order valence-corrected chi connectivity index (χ2v) is 9.07. The number of halogens is 2. The van der Waals surface area contributed by atoms with Crippen molar-refractivity contribution in [3.63, 3.8) is 0 Å². The molecular formula is C25H16BrFN2OS. The lowest BCUT2D eigenvalue weighted by Crippen LogP contribution is -2.36. The number of benzene rings is 3. The van der Waals surface area contributed by atoms with Gasteiger partial charge in [-0.05, 0) is 53.1 Å². The molecule has 0 amide bonds. The third-order valence-corrected chi connectivity index (χ3v) is 6.61. The monoisotopic (exact) mass is 490 g/mol. The smallest absolute Gasteiger partial charge is 0.271 e. The minimum absolute atomic E-state index is 0.107. The number of fused-ring (bicyclic) bond motifs is 1. The van der Waals surface area contributed by atoms with Gasteiger partial charge >= 0.3 is 0 Å². The van der Waals surface area contributed by atoms with E-state index < -0.39 is 0 Å². The summed E-state index contributed by atoms with van der Waals surface area (Å²) in [6, 6.07) is 23.8. The second-order valence-electron chi connectivity index (χ2n) is 7.15. The van der Waals surface area contributed by atoms with Crippen LogP contribution in [0.1, 0.15) is 22.7 Å². The van der Waals surface area contributed by atoms with Gasteiger partial charge in [0.05, 0.1) is 16.3 Å². The number of nitrogens with zero attached hydrogens (tertiary/aromatic N) is 2. The molecule has 0 radical (unpaired) electrons. The predicted molar refractivity (Wildman–Crippen MR) is 126 cm³/mol. The van der Waals surface area contributed by atoms with E-state index in [-0.39, 0.29) is 17.4 Å². The molecule has 3 nitrogen and oxygen atoms in total. The van der Waals surface area contributed by atoms with Gasteiger partial charge in [0.25, 0.3) is 5.56 Å². The summed E-state index contributed by atoms with van der Waals surface area (Å²) in [7, 11) is 0. The maximum Gasteiger partial charge on any atom is 0.271 e. The van der Waals surface area contributed by atoms with Crippen LogP contribution in [0.3, 0.4) is 0 Å². The summed E-state index contributed by atoms with van der Waals surface area (Å²) in [5, 5.41) is 0. The van der Waals surface area contributed by atoms with Gasteiger partial charge in [0.1, 0.15) is 5.82 Å². The molecule has 3 aromatic carbocycles. The van der Waals surface area contributed by atoms with Crippen LogP contribution in [0.2, 0.25) is 0 Å². The van der Waals surface area contributed by atoms with Crippen molar-refractivity contribution in [2.24, 2.45) is 4.99 Å². The van der Waals surface area contributed by atoms with E-state index in [4.69, 9.17) is 4.99 Å². The van der Waals surface area contributed by atoms with E-state index in [0.29, 0.717) is 9.33 Å². The summed E-state index contributed by atoms with van der Waals surface area (Å²) in [5.41, 5.74) is 3.50. The Balaban J connectivity index is 1.72. The highest BCUT2D eigenvalue weighted by molar-refractivity contribution is 9.10. The van der Waals surface area contributed by atoms with Crippen molar-refractivity contribution >= 4 is 39.0 Å². The molecule has 1 atom stereocenters. The van der Waals surface area contributed by atoms with Crippen molar-refractivity contribution in [1.82, 2.24) is 4.57 Å². The minimum atomic E-state index is -0.304. The summed E-state index contributed by atoms with van der Waals surface area (Å²) in [6.07, 6.45) is 3.81. The summed E-state index contributed by atoms with van der Waals surface area (Å²) in [5.74, 6) is -0.304. The van der Waals surface area contributed by atoms with Crippen LogP contribution in [0.25, 0.3) is 11.8 Å². The van der Waals surface area contributed by atoms with Gasteiger partial charge in [-0.1, -0.05) is 81.9 Å². The van der Waals surface area contributed by atoms with Crippen LogP contribution in [-0.4, -0.2) is 4.57 Å². The molecule has 1 unspecified atom stereocenters. The Morgan fingerprint density at radius 2 is 1.68 bits per heavy atom. The summed E-state index contributed by atoms with van der Waals surface area (Å²) >= 11 is 4.82. The summed E-state index contributed by atoms with van der Waals surface area (Å²) in [4.78, 5) is 18.8. The van der Waals surface area contributed by atoms with Crippen LogP contribution in [-0.2, 0) is 0 Å². The second kappa shape index (κ2) is 8.21. The molecule has 0 saturated carbocycles. The van der Waals surface area contributed by atoms with Gasteiger partial charge < -0.3 is 0 Å². The van der Waals surface area contributed by atoms with Crippen LogP contribution < -0.4 is 14.9 Å². The van der Waals surface area contributed by atoms with Crippen LogP contribution in [0.5, 0.6) is 0 Å². The van der Waals surface area contributed by atoms with Gasteiger partial charge in [0.2, 0.25) is 0 Å². The highest BCUT2D eigenvalue weighted by atomic mass is 79.9. The van der Waals surface area contributed by atoms with Gasteiger partial charge in [-0.25, -0.2) is 9.38 Å². The van der Waals surface area contributed by atoms with E-state index in [2.05, 4.69) is 15.9 Å². The van der Waals surface area contributed by atoms with E-state index in [1.165, 1.54) is 23.5 Å². The molecule has 0 spiro atoms. The van der Waals surface area contributed by atoms with Gasteiger partial charge in [-0.15, -0.1) is 0 Å². The Morgan fingerprint density at radius 3 is 2.39 bits per heavy atom. The van der Waals surface area contributed by atoms with Crippen molar-refractivity contribution in [2.45, 2.75) is 6.04 Å². The third-order valence-electron chi connectivity index (χ3n) is 5.10. The van der Waals surface area contributed by atoms with Crippen LogP contribution in [0.4, 0.5) is 4.39 Å². The van der Waals surface area contributed by atoms with Crippen molar-refractivity contribution in [1.29, 1.82) is 0 Å². The Bertz CT molecular complexity index is 1450. The zero-order chi connectivity index (χ0) is 21.4. The van der Waals surface area contributed by atoms with Gasteiger partial charge in [0, 0.05) is 4.47 Å². The van der Waals surface area contributed by atoms with Crippen molar-refractivity contribution in [3.05, 3.63) is 132 Å². The minimum Gasteiger partial charge on any atom is -0.272 e. The average molecular weight is 491 g/mol. The van der Waals surface area contributed by atoms with E-state index in [0.717, 1.165) is 26.9 Å². The van der Waals surface area contributed by atoms with E-state index in [1.54, 1.807) is 22.8 Å². The van der Waals surface area contributed by atoms with Crippen LogP contribution in [0.15, 0.2) is 99.2 Å². The maximum atomic E-state index is 13.3. The SMILES string of the molecule is O=c1c(=Cc2ccc(F)cc2)sc2n1C(c1ccc(Br)cc1)C=C(c1ccccc1)N=2. The van der Waals surface area contributed by atoms with Crippen LogP contribution >= 0.6 is 27.3 Å². The molecule has 1 aromatic heterocycles. The molecule has 0 aliphatic carbocycles. The normalized spacial score (nSPS) is 15.9.